The maximum absolute atomic E-state index is 12.5. The van der Waals surface area contributed by atoms with Crippen LogP contribution in [0.2, 0.25) is 5.02 Å². The van der Waals surface area contributed by atoms with Crippen LogP contribution in [0, 0.1) is 6.92 Å². The lowest BCUT2D eigenvalue weighted by Gasteiger charge is -2.14. The molecule has 10 heteroatoms. The minimum atomic E-state index is -3.59. The van der Waals surface area contributed by atoms with Gasteiger partial charge >= 0.3 is 0 Å². The molecule has 0 spiro atoms. The molecule has 1 heterocycles. The van der Waals surface area contributed by atoms with Crippen LogP contribution in [0.15, 0.2) is 52.7 Å². The molecule has 0 saturated heterocycles. The molecule has 1 amide bonds. The van der Waals surface area contributed by atoms with Crippen LogP contribution in [0.3, 0.4) is 0 Å². The first-order valence-electron chi connectivity index (χ1n) is 9.30. The number of sulfonamides is 1. The molecular weight excluding hydrogens is 458 g/mol. The second-order valence-electron chi connectivity index (χ2n) is 6.96. The summed E-state index contributed by atoms with van der Waals surface area (Å²) in [4.78, 5) is 17.0. The van der Waals surface area contributed by atoms with E-state index in [1.807, 2.05) is 0 Å². The van der Waals surface area contributed by atoms with Crippen LogP contribution in [0.1, 0.15) is 16.3 Å². The molecule has 0 radical (unpaired) electrons. The van der Waals surface area contributed by atoms with Gasteiger partial charge in [0.2, 0.25) is 15.9 Å². The number of anilines is 1. The smallest absolute Gasteiger partial charge is 0.242 e. The van der Waals surface area contributed by atoms with Crippen molar-refractivity contribution in [2.75, 3.05) is 19.4 Å². The van der Waals surface area contributed by atoms with E-state index in [0.717, 1.165) is 14.9 Å². The van der Waals surface area contributed by atoms with Gasteiger partial charge in [-0.05, 0) is 48.9 Å². The number of nitrogens with one attached hydrogen (secondary N) is 1. The molecule has 0 atom stereocenters. The van der Waals surface area contributed by atoms with Gasteiger partial charge < -0.3 is 10.1 Å². The van der Waals surface area contributed by atoms with E-state index in [0.29, 0.717) is 22.2 Å². The minimum absolute atomic E-state index is 0.0710. The molecule has 0 bridgehead atoms. The number of carbonyl (C=O) groups excluding carboxylic acids is 1. The summed E-state index contributed by atoms with van der Waals surface area (Å²) in [6.45, 7) is 2.09. The van der Waals surface area contributed by atoms with E-state index in [4.69, 9.17) is 16.3 Å². The Labute approximate surface area is 190 Å². The van der Waals surface area contributed by atoms with Gasteiger partial charge in [-0.25, -0.2) is 17.7 Å². The number of ether oxygens (including phenoxy) is 1. The highest BCUT2D eigenvalue weighted by Crippen LogP contribution is 2.23. The molecule has 3 rings (SSSR count). The third kappa shape index (κ3) is 6.04. The Balaban J connectivity index is 1.62. The van der Waals surface area contributed by atoms with Gasteiger partial charge in [0.1, 0.15) is 17.4 Å². The molecule has 7 nitrogen and oxygen atoms in total. The van der Waals surface area contributed by atoms with Crippen LogP contribution in [-0.4, -0.2) is 37.7 Å². The van der Waals surface area contributed by atoms with Crippen molar-refractivity contribution in [1.82, 2.24) is 9.29 Å². The maximum Gasteiger partial charge on any atom is 0.242 e. The van der Waals surface area contributed by atoms with Crippen LogP contribution in [0.25, 0.3) is 0 Å². The Bertz CT molecular complexity index is 1180. The van der Waals surface area contributed by atoms with Crippen molar-refractivity contribution < 1.29 is 17.9 Å². The van der Waals surface area contributed by atoms with Crippen molar-refractivity contribution in [3.8, 4) is 5.75 Å². The Hall–Kier alpha value is -2.46. The van der Waals surface area contributed by atoms with Crippen LogP contribution in [-0.2, 0) is 27.8 Å². The monoisotopic (exact) mass is 479 g/mol. The lowest BCUT2D eigenvalue weighted by atomic mass is 10.2. The van der Waals surface area contributed by atoms with Crippen molar-refractivity contribution in [3.63, 3.8) is 0 Å². The van der Waals surface area contributed by atoms with Crippen molar-refractivity contribution in [2.45, 2.75) is 24.8 Å². The average molecular weight is 480 g/mol. The van der Waals surface area contributed by atoms with E-state index in [1.54, 1.807) is 42.6 Å². The third-order valence-corrected chi connectivity index (χ3v) is 7.31. The molecule has 0 unspecified atom stereocenters. The zero-order valence-corrected chi connectivity index (χ0v) is 19.6. The number of rotatable bonds is 8. The molecule has 0 aliphatic heterocycles. The number of aromatic nitrogens is 1. The Kier molecular flexibility index (Phi) is 7.32. The number of amides is 1. The quantitative estimate of drug-likeness (QED) is 0.525. The van der Waals surface area contributed by atoms with Gasteiger partial charge in [-0.15, -0.1) is 11.3 Å². The summed E-state index contributed by atoms with van der Waals surface area (Å²) < 4.78 is 31.5. The molecule has 0 aliphatic rings. The summed E-state index contributed by atoms with van der Waals surface area (Å²) >= 11 is 7.26. The maximum atomic E-state index is 12.5. The largest absolute Gasteiger partial charge is 0.486 e. The average Bonchev–Trinajstić information content (AvgIpc) is 3.16. The molecule has 0 fully saturated rings. The standard InChI is InChI=1S/C21H22ClN3O4S2/c1-14-4-9-18(31(27,28)25(2)3)11-19(14)24-20(26)10-16-13-30-21(23-16)12-29-17-7-5-15(22)6-8-17/h4-9,11,13H,10,12H2,1-3H3,(H,24,26). The second-order valence-corrected chi connectivity index (χ2v) is 10.5. The van der Waals surface area contributed by atoms with E-state index in [1.165, 1.54) is 37.6 Å². The summed E-state index contributed by atoms with van der Waals surface area (Å²) in [5.74, 6) is 0.403. The van der Waals surface area contributed by atoms with Gasteiger partial charge in [-0.1, -0.05) is 17.7 Å². The third-order valence-electron chi connectivity index (χ3n) is 4.38. The van der Waals surface area contributed by atoms with Crippen molar-refractivity contribution in [2.24, 2.45) is 0 Å². The zero-order chi connectivity index (χ0) is 22.6. The fourth-order valence-electron chi connectivity index (χ4n) is 2.64. The lowest BCUT2D eigenvalue weighted by molar-refractivity contribution is -0.115. The highest BCUT2D eigenvalue weighted by Gasteiger charge is 2.19. The number of nitrogens with zero attached hydrogens (tertiary/aromatic N) is 2. The van der Waals surface area contributed by atoms with Gasteiger partial charge in [0.05, 0.1) is 17.0 Å². The number of halogens is 1. The highest BCUT2D eigenvalue weighted by molar-refractivity contribution is 7.89. The topological polar surface area (TPSA) is 88.6 Å². The Morgan fingerprint density at radius 2 is 1.90 bits per heavy atom. The number of benzene rings is 2. The second kappa shape index (κ2) is 9.78. The highest BCUT2D eigenvalue weighted by atomic mass is 35.5. The van der Waals surface area contributed by atoms with E-state index in [2.05, 4.69) is 10.3 Å². The van der Waals surface area contributed by atoms with Crippen LogP contribution in [0.4, 0.5) is 5.69 Å². The predicted molar refractivity (Wildman–Crippen MR) is 122 cm³/mol. The van der Waals surface area contributed by atoms with Crippen LogP contribution in [0.5, 0.6) is 5.75 Å². The molecule has 1 aromatic heterocycles. The lowest BCUT2D eigenvalue weighted by Crippen LogP contribution is -2.22. The number of aryl methyl sites for hydroxylation is 1. The molecular formula is C21H22ClN3O4S2. The van der Waals surface area contributed by atoms with E-state index >= 15 is 0 Å². The summed E-state index contributed by atoms with van der Waals surface area (Å²) in [6.07, 6.45) is 0.0710. The van der Waals surface area contributed by atoms with Gasteiger partial charge in [0.25, 0.3) is 0 Å². The number of thiazole rings is 1. The normalized spacial score (nSPS) is 11.5. The number of hydrogen-bond acceptors (Lipinski definition) is 6. The van der Waals surface area contributed by atoms with Crippen LogP contribution >= 0.6 is 22.9 Å². The summed E-state index contributed by atoms with van der Waals surface area (Å²) in [5, 5.41) is 5.96. The summed E-state index contributed by atoms with van der Waals surface area (Å²) in [7, 11) is -0.665. The Morgan fingerprint density at radius 1 is 1.19 bits per heavy atom. The fourth-order valence-corrected chi connectivity index (χ4v) is 4.40. The first-order chi connectivity index (χ1) is 14.6. The van der Waals surface area contributed by atoms with E-state index in [-0.39, 0.29) is 23.8 Å². The SMILES string of the molecule is Cc1ccc(S(=O)(=O)N(C)C)cc1NC(=O)Cc1csc(COc2ccc(Cl)cc2)n1. The number of carbonyl (C=O) groups is 1. The molecule has 31 heavy (non-hydrogen) atoms. The molecule has 0 aliphatic carbocycles. The minimum Gasteiger partial charge on any atom is -0.486 e. The first-order valence-corrected chi connectivity index (χ1v) is 12.0. The fraction of sp³-hybridized carbons (Fsp3) is 0.238. The van der Waals surface area contributed by atoms with Gasteiger partial charge in [-0.2, -0.15) is 0 Å². The number of hydrogen-bond donors (Lipinski definition) is 1. The first kappa shape index (κ1) is 23.2. The molecule has 3 aromatic rings. The van der Waals surface area contributed by atoms with E-state index < -0.39 is 10.0 Å². The Morgan fingerprint density at radius 3 is 2.58 bits per heavy atom. The van der Waals surface area contributed by atoms with Crippen molar-refractivity contribution in [3.05, 3.63) is 69.1 Å². The molecule has 1 N–H and O–H groups in total. The zero-order valence-electron chi connectivity index (χ0n) is 17.3. The van der Waals surface area contributed by atoms with Crippen molar-refractivity contribution in [1.29, 1.82) is 0 Å². The van der Waals surface area contributed by atoms with Gasteiger partial charge in [0, 0.05) is 30.2 Å². The molecule has 2 aromatic carbocycles. The van der Waals surface area contributed by atoms with Crippen molar-refractivity contribution >= 4 is 44.6 Å². The summed E-state index contributed by atoms with van der Waals surface area (Å²) in [6, 6.07) is 11.7. The van der Waals surface area contributed by atoms with Crippen LogP contribution < -0.4 is 10.1 Å². The molecule has 164 valence electrons. The summed E-state index contributed by atoms with van der Waals surface area (Å²) in [5.41, 5.74) is 1.84. The van der Waals surface area contributed by atoms with E-state index in [9.17, 15) is 13.2 Å². The van der Waals surface area contributed by atoms with Gasteiger partial charge in [-0.3, -0.25) is 4.79 Å². The molecule has 0 saturated carbocycles. The predicted octanol–water partition coefficient (Wildman–Crippen LogP) is 4.12. The van der Waals surface area contributed by atoms with Gasteiger partial charge in [0.15, 0.2) is 0 Å².